The molecular weight excluding hydrogens is 230 g/mol. The predicted octanol–water partition coefficient (Wildman–Crippen LogP) is 3.32. The summed E-state index contributed by atoms with van der Waals surface area (Å²) in [6.07, 6.45) is 5.51. The SMILES string of the molecule is CCCn1ccc2cc(S(=O)C3CC3)ccc21. The predicted molar refractivity (Wildman–Crippen MR) is 71.7 cm³/mol. The summed E-state index contributed by atoms with van der Waals surface area (Å²) in [7, 11) is -0.784. The molecule has 1 aliphatic carbocycles. The topological polar surface area (TPSA) is 22.0 Å². The molecule has 0 radical (unpaired) electrons. The van der Waals surface area contributed by atoms with Crippen molar-refractivity contribution in [2.45, 2.75) is 42.9 Å². The standard InChI is InChI=1S/C14H17NOS/c1-2-8-15-9-7-11-10-13(5-6-14(11)15)17(16)12-3-4-12/h5-7,9-10,12H,2-4,8H2,1H3. The van der Waals surface area contributed by atoms with E-state index in [2.05, 4.69) is 35.9 Å². The Bertz CT molecular complexity index is 569. The summed E-state index contributed by atoms with van der Waals surface area (Å²) in [6, 6.07) is 8.36. The van der Waals surface area contributed by atoms with Crippen LogP contribution in [0.15, 0.2) is 35.4 Å². The third kappa shape index (κ3) is 2.04. The monoisotopic (exact) mass is 247 g/mol. The Morgan fingerprint density at radius 2 is 2.18 bits per heavy atom. The molecular formula is C14H17NOS. The van der Waals surface area contributed by atoms with Gasteiger partial charge in [0.25, 0.3) is 0 Å². The van der Waals surface area contributed by atoms with Crippen LogP contribution in [0.1, 0.15) is 26.2 Å². The second-order valence-electron chi connectivity index (χ2n) is 4.73. The lowest BCUT2D eigenvalue weighted by molar-refractivity contribution is 0.682. The first-order chi connectivity index (χ1) is 8.29. The lowest BCUT2D eigenvalue weighted by Gasteiger charge is -2.04. The molecule has 1 unspecified atom stereocenters. The summed E-state index contributed by atoms with van der Waals surface area (Å²) >= 11 is 0. The Kier molecular flexibility index (Phi) is 2.79. The normalized spacial score (nSPS) is 17.5. The van der Waals surface area contributed by atoms with E-state index in [1.807, 2.05) is 6.07 Å². The number of hydrogen-bond donors (Lipinski definition) is 0. The van der Waals surface area contributed by atoms with Crippen LogP contribution in [0.5, 0.6) is 0 Å². The second-order valence-corrected chi connectivity index (χ2v) is 6.46. The van der Waals surface area contributed by atoms with Crippen molar-refractivity contribution in [3.8, 4) is 0 Å². The Balaban J connectivity index is 1.99. The summed E-state index contributed by atoms with van der Waals surface area (Å²) < 4.78 is 14.4. The molecule has 0 bridgehead atoms. The summed E-state index contributed by atoms with van der Waals surface area (Å²) in [4.78, 5) is 0.995. The molecule has 0 spiro atoms. The lowest BCUT2D eigenvalue weighted by Crippen LogP contribution is -1.98. The van der Waals surface area contributed by atoms with Gasteiger partial charge < -0.3 is 4.57 Å². The minimum atomic E-state index is -0.784. The van der Waals surface area contributed by atoms with Gasteiger partial charge in [-0.25, -0.2) is 0 Å². The van der Waals surface area contributed by atoms with Crippen molar-refractivity contribution in [2.75, 3.05) is 0 Å². The third-order valence-corrected chi connectivity index (χ3v) is 5.06. The minimum Gasteiger partial charge on any atom is -0.347 e. The van der Waals surface area contributed by atoms with E-state index in [0.717, 1.165) is 30.7 Å². The van der Waals surface area contributed by atoms with Crippen LogP contribution in [0.25, 0.3) is 10.9 Å². The Morgan fingerprint density at radius 1 is 1.35 bits per heavy atom. The molecule has 1 atom stereocenters. The van der Waals surface area contributed by atoms with E-state index in [4.69, 9.17) is 0 Å². The Morgan fingerprint density at radius 3 is 2.88 bits per heavy atom. The number of aryl methyl sites for hydroxylation is 1. The van der Waals surface area contributed by atoms with Crippen LogP contribution in [0.4, 0.5) is 0 Å². The molecule has 0 amide bonds. The van der Waals surface area contributed by atoms with E-state index in [0.29, 0.717) is 5.25 Å². The fourth-order valence-corrected chi connectivity index (χ4v) is 3.61. The van der Waals surface area contributed by atoms with Gasteiger partial charge in [0.15, 0.2) is 0 Å². The van der Waals surface area contributed by atoms with Crippen molar-refractivity contribution in [2.24, 2.45) is 0 Å². The van der Waals surface area contributed by atoms with Crippen molar-refractivity contribution in [3.63, 3.8) is 0 Å². The van der Waals surface area contributed by atoms with Crippen LogP contribution in [0.3, 0.4) is 0 Å². The van der Waals surface area contributed by atoms with Crippen LogP contribution < -0.4 is 0 Å². The highest BCUT2D eigenvalue weighted by atomic mass is 32.2. The quantitative estimate of drug-likeness (QED) is 0.812. The summed E-state index contributed by atoms with van der Waals surface area (Å²) in [5, 5.41) is 1.63. The van der Waals surface area contributed by atoms with E-state index in [-0.39, 0.29) is 0 Å². The molecule has 1 heterocycles. The van der Waals surface area contributed by atoms with E-state index in [1.165, 1.54) is 10.9 Å². The van der Waals surface area contributed by atoms with Crippen LogP contribution >= 0.6 is 0 Å². The highest BCUT2D eigenvalue weighted by molar-refractivity contribution is 7.86. The average molecular weight is 247 g/mol. The largest absolute Gasteiger partial charge is 0.347 e. The molecule has 3 heteroatoms. The van der Waals surface area contributed by atoms with Crippen molar-refractivity contribution in [1.29, 1.82) is 0 Å². The number of aromatic nitrogens is 1. The molecule has 1 aromatic carbocycles. The van der Waals surface area contributed by atoms with Crippen molar-refractivity contribution < 1.29 is 4.21 Å². The van der Waals surface area contributed by atoms with E-state index >= 15 is 0 Å². The van der Waals surface area contributed by atoms with Crippen LogP contribution in [-0.4, -0.2) is 14.0 Å². The Labute approximate surface area is 104 Å². The number of benzene rings is 1. The van der Waals surface area contributed by atoms with Gasteiger partial charge in [-0.1, -0.05) is 6.92 Å². The first kappa shape index (κ1) is 11.0. The van der Waals surface area contributed by atoms with Gasteiger partial charge in [-0.15, -0.1) is 0 Å². The van der Waals surface area contributed by atoms with Gasteiger partial charge in [0.1, 0.15) is 0 Å². The molecule has 90 valence electrons. The van der Waals surface area contributed by atoms with Gasteiger partial charge in [-0.3, -0.25) is 4.21 Å². The van der Waals surface area contributed by atoms with Crippen molar-refractivity contribution in [1.82, 2.24) is 4.57 Å². The van der Waals surface area contributed by atoms with E-state index in [9.17, 15) is 4.21 Å². The van der Waals surface area contributed by atoms with Gasteiger partial charge in [0, 0.05) is 33.8 Å². The van der Waals surface area contributed by atoms with Gasteiger partial charge in [-0.05, 0) is 43.5 Å². The molecule has 1 aliphatic rings. The molecule has 17 heavy (non-hydrogen) atoms. The molecule has 0 saturated heterocycles. The van der Waals surface area contributed by atoms with E-state index in [1.54, 1.807) is 0 Å². The highest BCUT2D eigenvalue weighted by Crippen LogP contribution is 2.31. The highest BCUT2D eigenvalue weighted by Gasteiger charge is 2.29. The first-order valence-electron chi connectivity index (χ1n) is 6.29. The zero-order valence-corrected chi connectivity index (χ0v) is 10.9. The van der Waals surface area contributed by atoms with Crippen LogP contribution in [0.2, 0.25) is 0 Å². The van der Waals surface area contributed by atoms with Gasteiger partial charge in [0.05, 0.1) is 10.8 Å². The molecule has 0 aliphatic heterocycles. The zero-order chi connectivity index (χ0) is 11.8. The number of nitrogens with zero attached hydrogens (tertiary/aromatic N) is 1. The minimum absolute atomic E-state index is 0.421. The molecule has 0 N–H and O–H groups in total. The molecule has 3 rings (SSSR count). The van der Waals surface area contributed by atoms with Crippen molar-refractivity contribution >= 4 is 21.7 Å². The summed E-state index contributed by atoms with van der Waals surface area (Å²) in [5.41, 5.74) is 1.25. The maximum Gasteiger partial charge on any atom is 0.0561 e. The fourth-order valence-electron chi connectivity index (χ4n) is 2.21. The molecule has 1 fully saturated rings. The molecule has 2 nitrogen and oxygen atoms in total. The molecule has 2 aromatic rings. The number of hydrogen-bond acceptors (Lipinski definition) is 1. The number of fused-ring (bicyclic) bond motifs is 1. The Hall–Kier alpha value is -1.09. The van der Waals surface area contributed by atoms with Gasteiger partial charge >= 0.3 is 0 Å². The fraction of sp³-hybridized carbons (Fsp3) is 0.429. The lowest BCUT2D eigenvalue weighted by atomic mass is 10.2. The van der Waals surface area contributed by atoms with E-state index < -0.39 is 10.8 Å². The maximum atomic E-state index is 12.1. The smallest absolute Gasteiger partial charge is 0.0561 e. The molecule has 1 saturated carbocycles. The van der Waals surface area contributed by atoms with Crippen molar-refractivity contribution in [3.05, 3.63) is 30.5 Å². The summed E-state index contributed by atoms with van der Waals surface area (Å²) in [6.45, 7) is 3.23. The first-order valence-corrected chi connectivity index (χ1v) is 7.50. The zero-order valence-electron chi connectivity index (χ0n) is 10.1. The summed E-state index contributed by atoms with van der Waals surface area (Å²) in [5.74, 6) is 0. The second kappa shape index (κ2) is 4.30. The van der Waals surface area contributed by atoms with Crippen LogP contribution in [0, 0.1) is 0 Å². The van der Waals surface area contributed by atoms with Crippen LogP contribution in [-0.2, 0) is 17.3 Å². The van der Waals surface area contributed by atoms with Gasteiger partial charge in [0.2, 0.25) is 0 Å². The van der Waals surface area contributed by atoms with Gasteiger partial charge in [-0.2, -0.15) is 0 Å². The molecule has 1 aromatic heterocycles. The third-order valence-electron chi connectivity index (χ3n) is 3.27. The number of rotatable bonds is 4. The maximum absolute atomic E-state index is 12.1. The average Bonchev–Trinajstić information content (AvgIpc) is 3.12.